The van der Waals surface area contributed by atoms with Crippen LogP contribution in [0.1, 0.15) is 50.9 Å². The molecule has 126 valence electrons. The van der Waals surface area contributed by atoms with E-state index in [1.807, 2.05) is 6.07 Å². The summed E-state index contributed by atoms with van der Waals surface area (Å²) in [5.74, 6) is 0.0863. The first-order valence-corrected chi connectivity index (χ1v) is 7.79. The van der Waals surface area contributed by atoms with Gasteiger partial charge in [0.15, 0.2) is 0 Å². The molecule has 3 rings (SSSR count). The van der Waals surface area contributed by atoms with Gasteiger partial charge in [-0.25, -0.2) is 0 Å². The minimum absolute atomic E-state index is 0.219. The molecule has 0 radical (unpaired) electrons. The Kier molecular flexibility index (Phi) is 4.24. The first-order chi connectivity index (χ1) is 11.5. The van der Waals surface area contributed by atoms with Crippen LogP contribution < -0.4 is 15.8 Å². The fourth-order valence-corrected chi connectivity index (χ4v) is 2.71. The average Bonchev–Trinajstić information content (AvgIpc) is 3.34. The van der Waals surface area contributed by atoms with Gasteiger partial charge in [-0.1, -0.05) is 12.1 Å². The van der Waals surface area contributed by atoms with E-state index in [1.165, 1.54) is 7.11 Å². The molecule has 1 aliphatic carbocycles. The summed E-state index contributed by atoms with van der Waals surface area (Å²) in [7, 11) is 3.23. The Hall–Kier alpha value is -2.83. The van der Waals surface area contributed by atoms with Crippen LogP contribution in [0.3, 0.4) is 0 Å². The molecule has 2 amide bonds. The Bertz CT molecular complexity index is 793. The molecule has 0 bridgehead atoms. The molecule has 0 atom stereocenters. The molecular formula is C17H20N4O3. The summed E-state index contributed by atoms with van der Waals surface area (Å²) in [6, 6.07) is 6.92. The van der Waals surface area contributed by atoms with Gasteiger partial charge in [-0.2, -0.15) is 5.10 Å². The third kappa shape index (κ3) is 3.10. The van der Waals surface area contributed by atoms with Crippen molar-refractivity contribution in [3.8, 4) is 5.75 Å². The second-order valence-corrected chi connectivity index (χ2v) is 5.90. The zero-order valence-corrected chi connectivity index (χ0v) is 13.7. The van der Waals surface area contributed by atoms with Crippen LogP contribution in [0, 0.1) is 0 Å². The number of carbonyl (C=O) groups excluding carboxylic acids is 2. The lowest BCUT2D eigenvalue weighted by Crippen LogP contribution is -2.25. The maximum Gasteiger partial charge on any atom is 0.269 e. The van der Waals surface area contributed by atoms with E-state index >= 15 is 0 Å². The van der Waals surface area contributed by atoms with Crippen molar-refractivity contribution in [3.63, 3.8) is 0 Å². The molecule has 7 heteroatoms. The summed E-state index contributed by atoms with van der Waals surface area (Å²) in [6.45, 7) is 0.229. The van der Waals surface area contributed by atoms with Gasteiger partial charge in [0.05, 0.1) is 18.4 Å². The van der Waals surface area contributed by atoms with Crippen molar-refractivity contribution in [2.24, 2.45) is 12.8 Å². The number of nitrogens with zero attached hydrogens (tertiary/aromatic N) is 2. The van der Waals surface area contributed by atoms with Crippen LogP contribution in [-0.4, -0.2) is 28.7 Å². The van der Waals surface area contributed by atoms with E-state index in [0.29, 0.717) is 28.5 Å². The quantitative estimate of drug-likeness (QED) is 0.835. The summed E-state index contributed by atoms with van der Waals surface area (Å²) in [6.07, 6.45) is 2.27. The lowest BCUT2D eigenvalue weighted by molar-refractivity contribution is 0.0940. The van der Waals surface area contributed by atoms with Crippen LogP contribution in [0.25, 0.3) is 0 Å². The molecule has 1 saturated carbocycles. The number of aryl methyl sites for hydroxylation is 1. The summed E-state index contributed by atoms with van der Waals surface area (Å²) in [5, 5.41) is 7.23. The molecule has 3 N–H and O–H groups in total. The molecule has 7 nitrogen and oxygen atoms in total. The number of aromatic nitrogens is 2. The number of nitrogens with two attached hydrogens (primary N) is 1. The van der Waals surface area contributed by atoms with Gasteiger partial charge in [0.2, 0.25) is 0 Å². The van der Waals surface area contributed by atoms with Crippen molar-refractivity contribution in [3.05, 3.63) is 46.8 Å². The van der Waals surface area contributed by atoms with E-state index < -0.39 is 5.91 Å². The second kappa shape index (κ2) is 6.35. The summed E-state index contributed by atoms with van der Waals surface area (Å²) in [4.78, 5) is 23.9. The molecule has 0 saturated heterocycles. The van der Waals surface area contributed by atoms with E-state index in [9.17, 15) is 9.59 Å². The number of primary amides is 1. The normalized spacial score (nSPS) is 13.6. The SMILES string of the molecule is COc1c(CNC(=O)c2cc(C3CC3)nn2C)cccc1C(N)=O. The van der Waals surface area contributed by atoms with E-state index in [0.717, 1.165) is 18.5 Å². The smallest absolute Gasteiger partial charge is 0.269 e. The third-order valence-electron chi connectivity index (χ3n) is 4.13. The molecule has 1 heterocycles. The Labute approximate surface area is 139 Å². The number of nitrogens with one attached hydrogen (secondary N) is 1. The summed E-state index contributed by atoms with van der Waals surface area (Å²) < 4.78 is 6.87. The van der Waals surface area contributed by atoms with Gasteiger partial charge in [0.1, 0.15) is 11.4 Å². The van der Waals surface area contributed by atoms with E-state index in [-0.39, 0.29) is 12.5 Å². The van der Waals surface area contributed by atoms with Gasteiger partial charge in [0, 0.05) is 25.1 Å². The molecule has 1 aromatic carbocycles. The highest BCUT2D eigenvalue weighted by molar-refractivity contribution is 5.96. The lowest BCUT2D eigenvalue weighted by atomic mass is 10.1. The average molecular weight is 328 g/mol. The zero-order chi connectivity index (χ0) is 17.3. The molecule has 24 heavy (non-hydrogen) atoms. The molecule has 1 aromatic heterocycles. The van der Waals surface area contributed by atoms with Gasteiger partial charge in [-0.15, -0.1) is 0 Å². The number of carbonyl (C=O) groups is 2. The number of ether oxygens (including phenoxy) is 1. The van der Waals surface area contributed by atoms with Gasteiger partial charge in [0.25, 0.3) is 11.8 Å². The minimum Gasteiger partial charge on any atom is -0.496 e. The van der Waals surface area contributed by atoms with Crippen LogP contribution in [0.4, 0.5) is 0 Å². The highest BCUT2D eigenvalue weighted by Gasteiger charge is 2.28. The highest BCUT2D eigenvalue weighted by atomic mass is 16.5. The Morgan fingerprint density at radius 1 is 1.42 bits per heavy atom. The lowest BCUT2D eigenvalue weighted by Gasteiger charge is -2.12. The van der Waals surface area contributed by atoms with E-state index in [2.05, 4.69) is 10.4 Å². The first-order valence-electron chi connectivity index (χ1n) is 7.79. The van der Waals surface area contributed by atoms with Crippen molar-refractivity contribution in [1.82, 2.24) is 15.1 Å². The van der Waals surface area contributed by atoms with Crippen LogP contribution in [0.2, 0.25) is 0 Å². The second-order valence-electron chi connectivity index (χ2n) is 5.90. The van der Waals surface area contributed by atoms with E-state index in [4.69, 9.17) is 10.5 Å². The minimum atomic E-state index is -0.569. The maximum absolute atomic E-state index is 12.4. The molecule has 0 unspecified atom stereocenters. The number of rotatable bonds is 6. The monoisotopic (exact) mass is 328 g/mol. The summed E-state index contributed by atoms with van der Waals surface area (Å²) >= 11 is 0. The maximum atomic E-state index is 12.4. The zero-order valence-electron chi connectivity index (χ0n) is 13.7. The molecule has 2 aromatic rings. The van der Waals surface area contributed by atoms with Gasteiger partial charge in [-0.05, 0) is 25.0 Å². The number of amides is 2. The van der Waals surface area contributed by atoms with Crippen molar-refractivity contribution in [2.45, 2.75) is 25.3 Å². The topological polar surface area (TPSA) is 99.2 Å². The largest absolute Gasteiger partial charge is 0.496 e. The number of methoxy groups -OCH3 is 1. The van der Waals surface area contributed by atoms with Crippen LogP contribution in [0.15, 0.2) is 24.3 Å². The van der Waals surface area contributed by atoms with Crippen molar-refractivity contribution < 1.29 is 14.3 Å². The Morgan fingerprint density at radius 2 is 2.17 bits per heavy atom. The van der Waals surface area contributed by atoms with Crippen molar-refractivity contribution in [2.75, 3.05) is 7.11 Å². The molecule has 1 fully saturated rings. The fraction of sp³-hybridized carbons (Fsp3) is 0.353. The van der Waals surface area contributed by atoms with Crippen molar-refractivity contribution >= 4 is 11.8 Å². The Morgan fingerprint density at radius 3 is 2.79 bits per heavy atom. The Balaban J connectivity index is 1.75. The summed E-state index contributed by atoms with van der Waals surface area (Å²) in [5.41, 5.74) is 7.81. The predicted molar refractivity (Wildman–Crippen MR) is 87.9 cm³/mol. The predicted octanol–water partition coefficient (Wildman–Crippen LogP) is 1.33. The van der Waals surface area contributed by atoms with Crippen LogP contribution >= 0.6 is 0 Å². The first kappa shape index (κ1) is 16.0. The molecule has 1 aliphatic rings. The molecule has 0 aliphatic heterocycles. The number of hydrogen-bond donors (Lipinski definition) is 2. The van der Waals surface area contributed by atoms with Gasteiger partial charge >= 0.3 is 0 Å². The van der Waals surface area contributed by atoms with E-state index in [1.54, 1.807) is 29.9 Å². The third-order valence-corrected chi connectivity index (χ3v) is 4.13. The number of benzene rings is 1. The number of hydrogen-bond acceptors (Lipinski definition) is 4. The van der Waals surface area contributed by atoms with Crippen LogP contribution in [0.5, 0.6) is 5.75 Å². The fourth-order valence-electron chi connectivity index (χ4n) is 2.71. The van der Waals surface area contributed by atoms with Crippen LogP contribution in [-0.2, 0) is 13.6 Å². The molecular weight excluding hydrogens is 308 g/mol. The standard InChI is InChI=1S/C17H20N4O3/c1-21-14(8-13(20-21)10-6-7-10)17(23)19-9-11-4-3-5-12(16(18)22)15(11)24-2/h3-5,8,10H,6-7,9H2,1-2H3,(H2,18,22)(H,19,23). The highest BCUT2D eigenvalue weighted by Crippen LogP contribution is 2.39. The van der Waals surface area contributed by atoms with Gasteiger partial charge < -0.3 is 15.8 Å². The van der Waals surface area contributed by atoms with Gasteiger partial charge in [-0.3, -0.25) is 14.3 Å². The number of para-hydroxylation sites is 1. The molecule has 0 spiro atoms. The van der Waals surface area contributed by atoms with Crippen molar-refractivity contribution in [1.29, 1.82) is 0 Å².